The monoisotopic (exact) mass is 466 g/mol. The summed E-state index contributed by atoms with van der Waals surface area (Å²) in [5.41, 5.74) is 3.12. The Labute approximate surface area is 193 Å². The van der Waals surface area contributed by atoms with Crippen molar-refractivity contribution in [2.45, 2.75) is 52.1 Å². The summed E-state index contributed by atoms with van der Waals surface area (Å²) in [6.07, 6.45) is 0. The van der Waals surface area contributed by atoms with Gasteiger partial charge in [0.05, 0.1) is 15.8 Å². The third-order valence-electron chi connectivity index (χ3n) is 4.68. The van der Waals surface area contributed by atoms with Crippen molar-refractivity contribution in [1.29, 1.82) is 0 Å². The first kappa shape index (κ1) is 24.6. The van der Waals surface area contributed by atoms with Crippen LogP contribution in [0.5, 0.6) is 0 Å². The molecule has 4 nitrogen and oxygen atoms in total. The molecule has 2 rings (SSSR count). The van der Waals surface area contributed by atoms with Gasteiger partial charge in [0.25, 0.3) is 0 Å². The van der Waals surface area contributed by atoms with E-state index in [1.54, 1.807) is 17.9 Å². The first-order valence-electron chi connectivity index (χ1n) is 9.85. The van der Waals surface area contributed by atoms with Crippen molar-refractivity contribution in [2.75, 3.05) is 5.75 Å². The number of amides is 2. The molecule has 162 valence electrons. The number of nitrogens with zero attached hydrogens (tertiary/aromatic N) is 1. The van der Waals surface area contributed by atoms with Gasteiger partial charge >= 0.3 is 0 Å². The molecule has 0 aliphatic heterocycles. The van der Waals surface area contributed by atoms with Gasteiger partial charge in [0.2, 0.25) is 11.8 Å². The van der Waals surface area contributed by atoms with Gasteiger partial charge in [0, 0.05) is 18.3 Å². The van der Waals surface area contributed by atoms with Gasteiger partial charge in [0.15, 0.2) is 0 Å². The molecule has 1 N–H and O–H groups in total. The van der Waals surface area contributed by atoms with E-state index in [0.717, 1.165) is 16.7 Å². The van der Waals surface area contributed by atoms with Gasteiger partial charge in [-0.25, -0.2) is 0 Å². The summed E-state index contributed by atoms with van der Waals surface area (Å²) in [5.74, 6) is 0.676. The van der Waals surface area contributed by atoms with Crippen LogP contribution in [0.4, 0.5) is 0 Å². The summed E-state index contributed by atoms with van der Waals surface area (Å²) >= 11 is 13.5. The Bertz CT molecular complexity index is 889. The highest BCUT2D eigenvalue weighted by Crippen LogP contribution is 2.25. The van der Waals surface area contributed by atoms with Crippen LogP contribution in [0.25, 0.3) is 0 Å². The Kier molecular flexibility index (Phi) is 9.53. The predicted octanol–water partition coefficient (Wildman–Crippen LogP) is 5.48. The van der Waals surface area contributed by atoms with Crippen molar-refractivity contribution in [3.63, 3.8) is 0 Å². The Hall–Kier alpha value is -1.69. The SMILES string of the molecule is Cc1ccccc1CN(C(=O)CSCc1ccc(Cl)c(Cl)c1)[C@@H](C)C(=O)NC(C)C. The fourth-order valence-corrected chi connectivity index (χ4v) is 4.11. The van der Waals surface area contributed by atoms with E-state index in [1.807, 2.05) is 57.2 Å². The van der Waals surface area contributed by atoms with Gasteiger partial charge in [-0.15, -0.1) is 11.8 Å². The maximum absolute atomic E-state index is 13.1. The van der Waals surface area contributed by atoms with Crippen molar-refractivity contribution >= 4 is 46.8 Å². The summed E-state index contributed by atoms with van der Waals surface area (Å²) < 4.78 is 0. The number of halogens is 2. The van der Waals surface area contributed by atoms with Crippen LogP contribution in [0.15, 0.2) is 42.5 Å². The first-order chi connectivity index (χ1) is 14.2. The molecular weight excluding hydrogens is 439 g/mol. The van der Waals surface area contributed by atoms with E-state index in [1.165, 1.54) is 11.8 Å². The van der Waals surface area contributed by atoms with Gasteiger partial charge < -0.3 is 10.2 Å². The van der Waals surface area contributed by atoms with Gasteiger partial charge in [-0.3, -0.25) is 9.59 Å². The van der Waals surface area contributed by atoms with Crippen molar-refractivity contribution in [1.82, 2.24) is 10.2 Å². The number of thioether (sulfide) groups is 1. The molecule has 0 bridgehead atoms. The Morgan fingerprint density at radius 2 is 1.77 bits per heavy atom. The summed E-state index contributed by atoms with van der Waals surface area (Å²) in [4.78, 5) is 27.3. The molecule has 0 saturated carbocycles. The predicted molar refractivity (Wildman–Crippen MR) is 127 cm³/mol. The van der Waals surface area contributed by atoms with Crippen LogP contribution in [-0.2, 0) is 21.9 Å². The molecule has 0 saturated heterocycles. The fraction of sp³-hybridized carbons (Fsp3) is 0.391. The second-order valence-corrected chi connectivity index (χ2v) is 9.33. The lowest BCUT2D eigenvalue weighted by Crippen LogP contribution is -2.49. The van der Waals surface area contributed by atoms with Crippen LogP contribution in [0.1, 0.15) is 37.5 Å². The van der Waals surface area contributed by atoms with Crippen molar-refractivity contribution in [2.24, 2.45) is 0 Å². The average Bonchev–Trinajstić information content (AvgIpc) is 2.69. The summed E-state index contributed by atoms with van der Waals surface area (Å²) in [6.45, 7) is 8.00. The summed E-state index contributed by atoms with van der Waals surface area (Å²) in [5, 5.41) is 3.92. The number of carbonyl (C=O) groups is 2. The average molecular weight is 467 g/mol. The van der Waals surface area contributed by atoms with E-state index >= 15 is 0 Å². The molecule has 0 radical (unpaired) electrons. The number of benzene rings is 2. The van der Waals surface area contributed by atoms with Crippen LogP contribution < -0.4 is 5.32 Å². The third kappa shape index (κ3) is 7.22. The van der Waals surface area contributed by atoms with Crippen molar-refractivity contribution in [3.8, 4) is 0 Å². The minimum Gasteiger partial charge on any atom is -0.352 e. The zero-order valence-electron chi connectivity index (χ0n) is 17.7. The largest absolute Gasteiger partial charge is 0.352 e. The van der Waals surface area contributed by atoms with E-state index in [4.69, 9.17) is 23.2 Å². The Morgan fingerprint density at radius 3 is 2.40 bits per heavy atom. The van der Waals surface area contributed by atoms with Gasteiger partial charge in [-0.2, -0.15) is 0 Å². The molecule has 0 aliphatic rings. The zero-order chi connectivity index (χ0) is 22.3. The lowest BCUT2D eigenvalue weighted by molar-refractivity contribution is -0.138. The summed E-state index contributed by atoms with van der Waals surface area (Å²) in [7, 11) is 0. The number of aryl methyl sites for hydroxylation is 1. The van der Waals surface area contributed by atoms with Crippen molar-refractivity contribution in [3.05, 3.63) is 69.2 Å². The smallest absolute Gasteiger partial charge is 0.242 e. The molecule has 0 heterocycles. The molecular formula is C23H28Cl2N2O2S. The second-order valence-electron chi connectivity index (χ2n) is 7.53. The number of rotatable bonds is 9. The molecule has 7 heteroatoms. The fourth-order valence-electron chi connectivity index (χ4n) is 2.93. The van der Waals surface area contributed by atoms with E-state index in [2.05, 4.69) is 5.32 Å². The molecule has 0 unspecified atom stereocenters. The van der Waals surface area contributed by atoms with E-state index < -0.39 is 6.04 Å². The first-order valence-corrected chi connectivity index (χ1v) is 11.8. The highest BCUT2D eigenvalue weighted by molar-refractivity contribution is 7.99. The number of hydrogen-bond acceptors (Lipinski definition) is 3. The van der Waals surface area contributed by atoms with Crippen LogP contribution in [0.3, 0.4) is 0 Å². The van der Waals surface area contributed by atoms with E-state index in [0.29, 0.717) is 22.3 Å². The maximum Gasteiger partial charge on any atom is 0.242 e. The van der Waals surface area contributed by atoms with Crippen LogP contribution in [-0.4, -0.2) is 34.6 Å². The number of hydrogen-bond donors (Lipinski definition) is 1. The Balaban J connectivity index is 2.09. The highest BCUT2D eigenvalue weighted by Gasteiger charge is 2.26. The lowest BCUT2D eigenvalue weighted by Gasteiger charge is -2.30. The van der Waals surface area contributed by atoms with Crippen LogP contribution in [0, 0.1) is 6.92 Å². The quantitative estimate of drug-likeness (QED) is 0.532. The third-order valence-corrected chi connectivity index (χ3v) is 6.41. The van der Waals surface area contributed by atoms with E-state index in [9.17, 15) is 9.59 Å². The minimum absolute atomic E-state index is 0.0133. The molecule has 2 aromatic carbocycles. The van der Waals surface area contributed by atoms with Crippen LogP contribution in [0.2, 0.25) is 10.0 Å². The normalized spacial score (nSPS) is 12.0. The van der Waals surface area contributed by atoms with Gasteiger partial charge in [0.1, 0.15) is 6.04 Å². The topological polar surface area (TPSA) is 49.4 Å². The van der Waals surface area contributed by atoms with E-state index in [-0.39, 0.29) is 23.6 Å². The second kappa shape index (κ2) is 11.6. The Morgan fingerprint density at radius 1 is 1.07 bits per heavy atom. The standard InChI is InChI=1S/C23H28Cl2N2O2S/c1-15(2)26-23(29)17(4)27(12-19-8-6-5-7-16(19)3)22(28)14-30-13-18-9-10-20(24)21(25)11-18/h5-11,15,17H,12-14H2,1-4H3,(H,26,29)/t17-/m0/s1. The minimum atomic E-state index is -0.565. The molecule has 0 aliphatic carbocycles. The zero-order valence-corrected chi connectivity index (χ0v) is 20.1. The van der Waals surface area contributed by atoms with Gasteiger partial charge in [-0.05, 0) is 56.5 Å². The number of carbonyl (C=O) groups excluding carboxylic acids is 2. The molecule has 2 amide bonds. The summed E-state index contributed by atoms with van der Waals surface area (Å²) in [6, 6.07) is 12.8. The van der Waals surface area contributed by atoms with Crippen LogP contribution >= 0.6 is 35.0 Å². The maximum atomic E-state index is 13.1. The number of nitrogens with one attached hydrogen (secondary N) is 1. The molecule has 0 spiro atoms. The lowest BCUT2D eigenvalue weighted by atomic mass is 10.1. The molecule has 2 aromatic rings. The van der Waals surface area contributed by atoms with Crippen molar-refractivity contribution < 1.29 is 9.59 Å². The molecule has 0 fully saturated rings. The molecule has 0 aromatic heterocycles. The highest BCUT2D eigenvalue weighted by atomic mass is 35.5. The molecule has 1 atom stereocenters. The molecule has 30 heavy (non-hydrogen) atoms. The van der Waals surface area contributed by atoms with Gasteiger partial charge in [-0.1, -0.05) is 53.5 Å².